The van der Waals surface area contributed by atoms with Crippen LogP contribution >= 0.6 is 0 Å². The monoisotopic (exact) mass is 420 g/mol. The summed E-state index contributed by atoms with van der Waals surface area (Å²) in [6, 6.07) is 0. The van der Waals surface area contributed by atoms with Crippen LogP contribution in [0.1, 0.15) is 32.1 Å². The predicted molar refractivity (Wildman–Crippen MR) is 116 cm³/mol. The number of nitrogens with zero attached hydrogens (tertiary/aromatic N) is 2. The maximum atomic E-state index is 5.06. The predicted octanol–water partition coefficient (Wildman–Crippen LogP) is 2.26. The summed E-state index contributed by atoms with van der Waals surface area (Å²) in [6.45, 7) is 8.84. The lowest BCUT2D eigenvalue weighted by atomic mass is 10.2. The molecule has 8 heteroatoms. The van der Waals surface area contributed by atoms with Gasteiger partial charge in [-0.3, -0.25) is 4.99 Å². The Labute approximate surface area is 177 Å². The number of fused-ring (bicyclic) bond motifs is 1. The van der Waals surface area contributed by atoms with Crippen LogP contribution in [0, 0.1) is 0 Å². The summed E-state index contributed by atoms with van der Waals surface area (Å²) >= 11 is 0. The lowest BCUT2D eigenvalue weighted by Gasteiger charge is -2.27. The number of hydrogen-bond acceptors (Lipinski definition) is 8. The zero-order valence-corrected chi connectivity index (χ0v) is 19.2. The van der Waals surface area contributed by atoms with E-state index < -0.39 is 0 Å². The molecule has 0 amide bonds. The summed E-state index contributed by atoms with van der Waals surface area (Å²) in [5.74, 6) is 1.40. The first-order valence-electron chi connectivity index (χ1n) is 10.7. The number of methoxy groups -OCH3 is 4. The van der Waals surface area contributed by atoms with Crippen LogP contribution in [0.5, 0.6) is 0 Å². The minimum Gasteiger partial charge on any atom is -0.382 e. The van der Waals surface area contributed by atoms with Crippen molar-refractivity contribution >= 4 is 5.84 Å². The molecule has 1 fully saturated rings. The van der Waals surface area contributed by atoms with Gasteiger partial charge in [-0.1, -0.05) is 6.42 Å². The van der Waals surface area contributed by atoms with Gasteiger partial charge in [0.25, 0.3) is 0 Å². The summed E-state index contributed by atoms with van der Waals surface area (Å²) in [5.41, 5.74) is 0. The minimum absolute atomic E-state index is 0.653. The van der Waals surface area contributed by atoms with Gasteiger partial charge in [0.1, 0.15) is 0 Å². The van der Waals surface area contributed by atoms with Crippen LogP contribution in [-0.2, 0) is 28.4 Å². The second-order valence-electron chi connectivity index (χ2n) is 6.65. The van der Waals surface area contributed by atoms with E-state index in [2.05, 4.69) is 9.89 Å². The average molecular weight is 421 g/mol. The van der Waals surface area contributed by atoms with Crippen molar-refractivity contribution in [2.45, 2.75) is 32.1 Å². The Kier molecular flexibility index (Phi) is 22.9. The lowest BCUT2D eigenvalue weighted by molar-refractivity contribution is 0.0385. The van der Waals surface area contributed by atoms with E-state index >= 15 is 0 Å². The van der Waals surface area contributed by atoms with Gasteiger partial charge in [0.15, 0.2) is 0 Å². The Morgan fingerprint density at radius 2 is 1.10 bits per heavy atom. The Morgan fingerprint density at radius 3 is 1.59 bits per heavy atom. The Bertz CT molecular complexity index is 332. The van der Waals surface area contributed by atoms with E-state index in [1.54, 1.807) is 28.4 Å². The summed E-state index contributed by atoms with van der Waals surface area (Å²) < 4.78 is 29.2. The van der Waals surface area contributed by atoms with E-state index in [4.69, 9.17) is 28.4 Å². The van der Waals surface area contributed by atoms with E-state index in [1.807, 2.05) is 0 Å². The fraction of sp³-hybridized carbons (Fsp3) is 0.952. The number of ether oxygens (including phenoxy) is 6. The zero-order chi connectivity index (χ0) is 21.4. The molecule has 8 nitrogen and oxygen atoms in total. The number of amidine groups is 1. The molecule has 0 aromatic carbocycles. The van der Waals surface area contributed by atoms with Crippen molar-refractivity contribution < 1.29 is 28.4 Å². The van der Waals surface area contributed by atoms with Gasteiger partial charge in [0.2, 0.25) is 0 Å². The van der Waals surface area contributed by atoms with Gasteiger partial charge in [0.05, 0.1) is 58.7 Å². The molecular weight excluding hydrogens is 376 g/mol. The molecule has 0 unspecified atom stereocenters. The zero-order valence-electron chi connectivity index (χ0n) is 19.2. The SMILES string of the molecule is C1CCC2=NCCCN2CC1.COCCOCCOC.COCCOCCOC. The third kappa shape index (κ3) is 19.0. The van der Waals surface area contributed by atoms with Crippen LogP contribution in [-0.4, -0.2) is 112 Å². The molecule has 0 spiro atoms. The summed E-state index contributed by atoms with van der Waals surface area (Å²) in [5, 5.41) is 0. The van der Waals surface area contributed by atoms with Crippen LogP contribution in [0.25, 0.3) is 0 Å². The van der Waals surface area contributed by atoms with E-state index in [0.717, 1.165) is 6.54 Å². The van der Waals surface area contributed by atoms with Crippen LogP contribution < -0.4 is 0 Å². The molecule has 0 aliphatic carbocycles. The number of hydrogen-bond donors (Lipinski definition) is 0. The van der Waals surface area contributed by atoms with Crippen LogP contribution in [0.4, 0.5) is 0 Å². The van der Waals surface area contributed by atoms with Crippen molar-refractivity contribution in [3.63, 3.8) is 0 Å². The molecule has 0 saturated carbocycles. The van der Waals surface area contributed by atoms with Crippen LogP contribution in [0.3, 0.4) is 0 Å². The highest BCUT2D eigenvalue weighted by atomic mass is 16.5. The normalized spacial score (nSPS) is 15.9. The Balaban J connectivity index is 0.000000411. The summed E-state index contributed by atoms with van der Waals surface area (Å²) in [7, 11) is 6.61. The fourth-order valence-electron chi connectivity index (χ4n) is 2.71. The van der Waals surface area contributed by atoms with Crippen molar-refractivity contribution in [1.82, 2.24) is 4.90 Å². The molecule has 2 aliphatic heterocycles. The molecule has 0 aromatic rings. The van der Waals surface area contributed by atoms with E-state index in [0.29, 0.717) is 52.9 Å². The maximum Gasteiger partial charge on any atom is 0.0988 e. The smallest absolute Gasteiger partial charge is 0.0988 e. The molecule has 2 rings (SSSR count). The maximum absolute atomic E-state index is 5.06. The third-order valence-electron chi connectivity index (χ3n) is 4.30. The standard InChI is InChI=1S/C9H16N2.2C6H14O3/c1-2-5-9-10-6-4-8-11(9)7-3-1;2*1-7-3-5-9-6-4-8-2/h1-8H2;2*3-6H2,1-2H3. The molecule has 1 saturated heterocycles. The fourth-order valence-corrected chi connectivity index (χ4v) is 2.71. The second kappa shape index (κ2) is 23.5. The Hall–Kier alpha value is -0.770. The molecule has 0 aromatic heterocycles. The largest absolute Gasteiger partial charge is 0.382 e. The minimum atomic E-state index is 0.653. The van der Waals surface area contributed by atoms with Gasteiger partial charge < -0.3 is 33.3 Å². The first kappa shape index (κ1) is 28.2. The van der Waals surface area contributed by atoms with Crippen molar-refractivity contribution in [3.8, 4) is 0 Å². The van der Waals surface area contributed by atoms with Crippen molar-refractivity contribution in [2.24, 2.45) is 4.99 Å². The molecule has 0 N–H and O–H groups in total. The Morgan fingerprint density at radius 1 is 0.621 bits per heavy atom. The van der Waals surface area contributed by atoms with Gasteiger partial charge in [-0.05, 0) is 19.3 Å². The molecule has 29 heavy (non-hydrogen) atoms. The molecule has 0 radical (unpaired) electrons. The molecule has 174 valence electrons. The second-order valence-corrected chi connectivity index (χ2v) is 6.65. The van der Waals surface area contributed by atoms with Gasteiger partial charge >= 0.3 is 0 Å². The van der Waals surface area contributed by atoms with Gasteiger partial charge in [-0.2, -0.15) is 0 Å². The molecular formula is C21H44N2O6. The lowest BCUT2D eigenvalue weighted by Crippen LogP contribution is -2.34. The first-order valence-corrected chi connectivity index (χ1v) is 10.7. The van der Waals surface area contributed by atoms with Crippen LogP contribution in [0.2, 0.25) is 0 Å². The van der Waals surface area contributed by atoms with Gasteiger partial charge in [-0.15, -0.1) is 0 Å². The topological polar surface area (TPSA) is 71.0 Å². The van der Waals surface area contributed by atoms with E-state index in [1.165, 1.54) is 51.0 Å². The molecule has 0 bridgehead atoms. The van der Waals surface area contributed by atoms with E-state index in [-0.39, 0.29) is 0 Å². The molecule has 0 atom stereocenters. The van der Waals surface area contributed by atoms with Crippen LogP contribution in [0.15, 0.2) is 4.99 Å². The molecule has 2 heterocycles. The third-order valence-corrected chi connectivity index (χ3v) is 4.30. The van der Waals surface area contributed by atoms with Crippen molar-refractivity contribution in [1.29, 1.82) is 0 Å². The van der Waals surface area contributed by atoms with E-state index in [9.17, 15) is 0 Å². The number of rotatable bonds is 12. The summed E-state index contributed by atoms with van der Waals surface area (Å²) in [6.07, 6.45) is 6.63. The van der Waals surface area contributed by atoms with Crippen molar-refractivity contribution in [2.75, 3.05) is 101 Å². The molecule has 2 aliphatic rings. The average Bonchev–Trinajstić information content (AvgIpc) is 3.00. The van der Waals surface area contributed by atoms with Crippen molar-refractivity contribution in [3.05, 3.63) is 0 Å². The first-order chi connectivity index (χ1) is 14.3. The number of aliphatic imine (C=N–C) groups is 1. The highest BCUT2D eigenvalue weighted by molar-refractivity contribution is 5.83. The van der Waals surface area contributed by atoms with Gasteiger partial charge in [-0.25, -0.2) is 0 Å². The highest BCUT2D eigenvalue weighted by Gasteiger charge is 2.16. The highest BCUT2D eigenvalue weighted by Crippen LogP contribution is 2.15. The quantitative estimate of drug-likeness (QED) is 0.449. The summed E-state index contributed by atoms with van der Waals surface area (Å²) in [4.78, 5) is 7.04. The van der Waals surface area contributed by atoms with Gasteiger partial charge in [0, 0.05) is 54.5 Å².